The quantitative estimate of drug-likeness (QED) is 0.542. The summed E-state index contributed by atoms with van der Waals surface area (Å²) in [4.78, 5) is 3.14. The lowest BCUT2D eigenvalue weighted by atomic mass is 9.94. The van der Waals surface area contributed by atoms with Crippen molar-refractivity contribution in [3.63, 3.8) is 0 Å². The van der Waals surface area contributed by atoms with Crippen molar-refractivity contribution in [1.82, 2.24) is 5.32 Å². The van der Waals surface area contributed by atoms with Crippen LogP contribution in [0, 0.1) is 0 Å². The third kappa shape index (κ3) is 2.88. The van der Waals surface area contributed by atoms with E-state index >= 15 is 0 Å². The first-order valence-electron chi connectivity index (χ1n) is 5.73. The molecule has 0 unspecified atom stereocenters. The predicted molar refractivity (Wildman–Crippen MR) is 60.7 cm³/mol. The van der Waals surface area contributed by atoms with E-state index in [1.54, 1.807) is 0 Å². The van der Waals surface area contributed by atoms with Crippen LogP contribution in [-0.2, 0) is 0 Å². The Morgan fingerprint density at radius 1 is 1.13 bits per heavy atom. The highest BCUT2D eigenvalue weighted by atomic mass is 14.9. The van der Waals surface area contributed by atoms with Crippen molar-refractivity contribution in [2.45, 2.75) is 44.2 Å². The lowest BCUT2D eigenvalue weighted by Gasteiger charge is -2.26. The molecule has 0 amide bonds. The number of nitrogens with zero attached hydrogens (tertiary/aromatic N) is 2. The zero-order valence-electron chi connectivity index (χ0n) is 8.89. The maximum Gasteiger partial charge on any atom is 0.314 e. The van der Waals surface area contributed by atoms with Gasteiger partial charge in [0.15, 0.2) is 0 Å². The molecular formula is C12H17N3. The van der Waals surface area contributed by atoms with E-state index in [9.17, 15) is 0 Å². The van der Waals surface area contributed by atoms with Crippen molar-refractivity contribution in [3.05, 3.63) is 29.8 Å². The van der Waals surface area contributed by atoms with Crippen LogP contribution in [0.2, 0.25) is 0 Å². The van der Waals surface area contributed by atoms with Gasteiger partial charge in [-0.05, 0) is 12.8 Å². The topological polar surface area (TPSA) is 48.4 Å². The Bertz CT molecular complexity index is 302. The van der Waals surface area contributed by atoms with Gasteiger partial charge in [0.2, 0.25) is 0 Å². The minimum atomic E-state index is 0.304. The van der Waals surface area contributed by atoms with Crippen molar-refractivity contribution < 1.29 is 4.79 Å². The molecule has 15 heavy (non-hydrogen) atoms. The molecule has 0 saturated heterocycles. The molecule has 0 bridgehead atoms. The minimum absolute atomic E-state index is 0.304. The van der Waals surface area contributed by atoms with Crippen LogP contribution in [0.25, 0.3) is 5.53 Å². The van der Waals surface area contributed by atoms with E-state index in [0.29, 0.717) is 17.8 Å². The van der Waals surface area contributed by atoms with Crippen LogP contribution in [0.15, 0.2) is 24.3 Å². The van der Waals surface area contributed by atoms with Crippen molar-refractivity contribution >= 4 is 5.71 Å². The summed E-state index contributed by atoms with van der Waals surface area (Å²) in [6.45, 7) is 0. The Balaban J connectivity index is 1.86. The van der Waals surface area contributed by atoms with Crippen LogP contribution < -0.4 is 5.32 Å². The molecule has 1 saturated carbocycles. The number of nitrogens with one attached hydrogen (secondary N) is 1. The van der Waals surface area contributed by atoms with Crippen molar-refractivity contribution in [2.24, 2.45) is 0 Å². The van der Waals surface area contributed by atoms with E-state index in [-0.39, 0.29) is 0 Å². The highest BCUT2D eigenvalue weighted by molar-refractivity contribution is 6.00. The minimum Gasteiger partial charge on any atom is -0.361 e. The average molecular weight is 203 g/mol. The fourth-order valence-electron chi connectivity index (χ4n) is 2.24. The van der Waals surface area contributed by atoms with E-state index in [4.69, 9.17) is 5.53 Å². The molecule has 0 aromatic rings. The second-order valence-corrected chi connectivity index (χ2v) is 4.27. The first-order valence-corrected chi connectivity index (χ1v) is 5.73. The van der Waals surface area contributed by atoms with Gasteiger partial charge in [-0.15, -0.1) is 0 Å². The Hall–Kier alpha value is -1.18. The highest BCUT2D eigenvalue weighted by Gasteiger charge is 2.16. The molecule has 0 aromatic heterocycles. The molecule has 3 heteroatoms. The highest BCUT2D eigenvalue weighted by Crippen LogP contribution is 2.18. The number of hydrogen-bond donors (Lipinski definition) is 1. The van der Waals surface area contributed by atoms with Crippen LogP contribution in [0.4, 0.5) is 0 Å². The van der Waals surface area contributed by atoms with E-state index in [1.807, 2.05) is 24.3 Å². The summed E-state index contributed by atoms with van der Waals surface area (Å²) in [5, 5.41) is 3.59. The number of rotatable bonds is 2. The maximum atomic E-state index is 8.56. The molecule has 3 nitrogen and oxygen atoms in total. The summed E-state index contributed by atoms with van der Waals surface area (Å²) in [5.41, 5.74) is 9.19. The summed E-state index contributed by atoms with van der Waals surface area (Å²) < 4.78 is 0. The van der Waals surface area contributed by atoms with Crippen LogP contribution in [0.5, 0.6) is 0 Å². The Labute approximate surface area is 90.5 Å². The lowest BCUT2D eigenvalue weighted by molar-refractivity contribution is -0.00166. The van der Waals surface area contributed by atoms with Gasteiger partial charge in [0.1, 0.15) is 0 Å². The molecule has 0 radical (unpaired) electrons. The van der Waals surface area contributed by atoms with Crippen molar-refractivity contribution in [1.29, 1.82) is 0 Å². The Morgan fingerprint density at radius 3 is 2.40 bits per heavy atom. The second kappa shape index (κ2) is 5.06. The van der Waals surface area contributed by atoms with E-state index in [0.717, 1.165) is 0 Å². The molecule has 0 heterocycles. The summed E-state index contributed by atoms with van der Waals surface area (Å²) in [6, 6.07) is 0.962. The molecule has 0 aliphatic heterocycles. The van der Waals surface area contributed by atoms with Gasteiger partial charge in [0.05, 0.1) is 0 Å². The van der Waals surface area contributed by atoms with Crippen LogP contribution in [0.1, 0.15) is 32.1 Å². The molecule has 2 aliphatic carbocycles. The smallest absolute Gasteiger partial charge is 0.314 e. The van der Waals surface area contributed by atoms with Gasteiger partial charge in [0.25, 0.3) is 0 Å². The van der Waals surface area contributed by atoms with Crippen LogP contribution in [0.3, 0.4) is 0 Å². The van der Waals surface area contributed by atoms with E-state index in [1.165, 1.54) is 32.1 Å². The molecule has 0 aromatic carbocycles. The monoisotopic (exact) mass is 203 g/mol. The first-order chi connectivity index (χ1) is 7.38. The molecular weight excluding hydrogens is 186 g/mol. The van der Waals surface area contributed by atoms with Gasteiger partial charge in [-0.25, -0.2) is 0 Å². The fraction of sp³-hybridized carbons (Fsp3) is 0.583. The van der Waals surface area contributed by atoms with Gasteiger partial charge < -0.3 is 10.8 Å². The van der Waals surface area contributed by atoms with E-state index in [2.05, 4.69) is 10.1 Å². The summed E-state index contributed by atoms with van der Waals surface area (Å²) in [5.74, 6) is 0. The Kier molecular flexibility index (Phi) is 3.49. The van der Waals surface area contributed by atoms with Gasteiger partial charge in [0, 0.05) is 24.2 Å². The van der Waals surface area contributed by atoms with Gasteiger partial charge in [-0.3, -0.25) is 0 Å². The SMILES string of the molecule is [N-]=[N+]=C1C=CC(NC2CCCCC2)C=C1. The first kappa shape index (κ1) is 10.3. The molecule has 2 rings (SSSR count). The summed E-state index contributed by atoms with van der Waals surface area (Å²) >= 11 is 0. The third-order valence-corrected chi connectivity index (χ3v) is 3.10. The molecule has 80 valence electrons. The van der Waals surface area contributed by atoms with Crippen LogP contribution in [-0.4, -0.2) is 22.6 Å². The normalized spacial score (nSPS) is 26.7. The summed E-state index contributed by atoms with van der Waals surface area (Å²) in [6.07, 6.45) is 14.4. The predicted octanol–water partition coefficient (Wildman–Crippen LogP) is 2.07. The molecule has 1 N–H and O–H groups in total. The third-order valence-electron chi connectivity index (χ3n) is 3.10. The maximum absolute atomic E-state index is 8.56. The zero-order valence-corrected chi connectivity index (χ0v) is 8.89. The average Bonchev–Trinajstić information content (AvgIpc) is 2.31. The second-order valence-electron chi connectivity index (χ2n) is 4.27. The molecule has 1 fully saturated rings. The molecule has 0 spiro atoms. The standard InChI is InChI=1S/C12H17N3/c13-15-12-8-6-11(7-9-12)14-10-4-2-1-3-5-10/h6-11,14H,1-5H2. The van der Waals surface area contributed by atoms with Crippen LogP contribution >= 0.6 is 0 Å². The van der Waals surface area contributed by atoms with Gasteiger partial charge >= 0.3 is 5.71 Å². The van der Waals surface area contributed by atoms with Gasteiger partial charge in [-0.1, -0.05) is 31.4 Å². The fourth-order valence-corrected chi connectivity index (χ4v) is 2.24. The van der Waals surface area contributed by atoms with Crippen molar-refractivity contribution in [2.75, 3.05) is 0 Å². The zero-order chi connectivity index (χ0) is 10.5. The summed E-state index contributed by atoms with van der Waals surface area (Å²) in [7, 11) is 0. The Morgan fingerprint density at radius 2 is 1.80 bits per heavy atom. The van der Waals surface area contributed by atoms with Gasteiger partial charge in [-0.2, -0.15) is 4.79 Å². The lowest BCUT2D eigenvalue weighted by Crippen LogP contribution is -2.38. The largest absolute Gasteiger partial charge is 0.361 e. The van der Waals surface area contributed by atoms with E-state index < -0.39 is 0 Å². The van der Waals surface area contributed by atoms with Crippen molar-refractivity contribution in [3.8, 4) is 0 Å². The molecule has 2 aliphatic rings. The number of hydrogen-bond acceptors (Lipinski definition) is 1. The number of allylic oxidation sites excluding steroid dienone is 2. The molecule has 0 atom stereocenters.